The third kappa shape index (κ3) is 3.13. The number of aryl methyl sites for hydroxylation is 2. The van der Waals surface area contributed by atoms with Crippen molar-refractivity contribution in [1.29, 1.82) is 0 Å². The van der Waals surface area contributed by atoms with Crippen molar-refractivity contribution in [2.24, 2.45) is 0 Å². The van der Waals surface area contributed by atoms with Crippen molar-refractivity contribution >= 4 is 5.97 Å². The predicted octanol–water partition coefficient (Wildman–Crippen LogP) is 2.68. The summed E-state index contributed by atoms with van der Waals surface area (Å²) in [4.78, 5) is 14.9. The molecule has 0 fully saturated rings. The molecule has 1 N–H and O–H groups in total. The number of aromatic nitrogens is 1. The van der Waals surface area contributed by atoms with Crippen LogP contribution in [0, 0.1) is 6.92 Å². The van der Waals surface area contributed by atoms with Crippen LogP contribution in [0.5, 0.6) is 5.75 Å². The van der Waals surface area contributed by atoms with Crippen LogP contribution in [-0.4, -0.2) is 23.2 Å². The topological polar surface area (TPSA) is 72.6 Å². The molecule has 0 saturated heterocycles. The van der Waals surface area contributed by atoms with Gasteiger partial charge < -0.3 is 14.3 Å². The molecule has 2 rings (SSSR count). The van der Waals surface area contributed by atoms with E-state index in [0.29, 0.717) is 23.8 Å². The Labute approximate surface area is 110 Å². The summed E-state index contributed by atoms with van der Waals surface area (Å²) in [6.07, 6.45) is 0.427. The van der Waals surface area contributed by atoms with Gasteiger partial charge in [-0.3, -0.25) is 4.79 Å². The zero-order valence-corrected chi connectivity index (χ0v) is 10.8. The highest BCUT2D eigenvalue weighted by Gasteiger charge is 2.12. The summed E-state index contributed by atoms with van der Waals surface area (Å²) in [5.41, 5.74) is 1.53. The highest BCUT2D eigenvalue weighted by molar-refractivity contribution is 5.67. The van der Waals surface area contributed by atoms with Crippen molar-refractivity contribution in [2.45, 2.75) is 19.8 Å². The number of ether oxygens (including phenoxy) is 1. The Morgan fingerprint density at radius 3 is 2.63 bits per heavy atom. The van der Waals surface area contributed by atoms with Crippen LogP contribution in [0.15, 0.2) is 28.7 Å². The third-order valence-corrected chi connectivity index (χ3v) is 2.81. The average Bonchev–Trinajstić information content (AvgIpc) is 2.78. The van der Waals surface area contributed by atoms with E-state index in [9.17, 15) is 4.79 Å². The molecule has 0 radical (unpaired) electrons. The Bertz CT molecular complexity index is 572. The minimum absolute atomic E-state index is 0.0510. The maximum atomic E-state index is 10.6. The second-order valence-corrected chi connectivity index (χ2v) is 4.14. The number of nitrogens with zero attached hydrogens (tertiary/aromatic N) is 1. The molecule has 1 heterocycles. The van der Waals surface area contributed by atoms with Crippen molar-refractivity contribution in [3.8, 4) is 17.2 Å². The summed E-state index contributed by atoms with van der Waals surface area (Å²) in [5, 5.41) is 8.67. The van der Waals surface area contributed by atoms with E-state index >= 15 is 0 Å². The Hall–Kier alpha value is -2.30. The number of benzene rings is 1. The molecular formula is C14H15NO4. The fraction of sp³-hybridized carbons (Fsp3) is 0.286. The van der Waals surface area contributed by atoms with Crippen LogP contribution in [0.1, 0.15) is 17.9 Å². The SMILES string of the molecule is COc1ccc(-c2nc(CCC(=O)O)c(C)o2)cc1. The molecule has 0 amide bonds. The lowest BCUT2D eigenvalue weighted by Crippen LogP contribution is -1.98. The summed E-state index contributed by atoms with van der Waals surface area (Å²) in [6.45, 7) is 1.79. The maximum absolute atomic E-state index is 10.6. The van der Waals surface area contributed by atoms with E-state index in [1.54, 1.807) is 14.0 Å². The number of hydrogen-bond acceptors (Lipinski definition) is 4. The van der Waals surface area contributed by atoms with Gasteiger partial charge in [-0.05, 0) is 31.2 Å². The monoisotopic (exact) mass is 261 g/mol. The standard InChI is InChI=1S/C14H15NO4/c1-9-12(7-8-13(16)17)15-14(19-9)10-3-5-11(18-2)6-4-10/h3-6H,7-8H2,1-2H3,(H,16,17). The number of carbonyl (C=O) groups is 1. The number of methoxy groups -OCH3 is 1. The first-order valence-corrected chi connectivity index (χ1v) is 5.92. The molecule has 0 spiro atoms. The van der Waals surface area contributed by atoms with Gasteiger partial charge in [0, 0.05) is 12.0 Å². The van der Waals surface area contributed by atoms with E-state index in [1.807, 2.05) is 24.3 Å². The van der Waals surface area contributed by atoms with Crippen molar-refractivity contribution in [2.75, 3.05) is 7.11 Å². The number of oxazole rings is 1. The minimum Gasteiger partial charge on any atom is -0.497 e. The molecule has 2 aromatic rings. The zero-order valence-electron chi connectivity index (χ0n) is 10.8. The molecule has 5 heteroatoms. The molecule has 19 heavy (non-hydrogen) atoms. The van der Waals surface area contributed by atoms with Gasteiger partial charge in [0.1, 0.15) is 11.5 Å². The summed E-state index contributed by atoms with van der Waals surface area (Å²) >= 11 is 0. The van der Waals surface area contributed by atoms with Crippen molar-refractivity contribution in [1.82, 2.24) is 4.98 Å². The van der Waals surface area contributed by atoms with Gasteiger partial charge in [-0.15, -0.1) is 0 Å². The van der Waals surface area contributed by atoms with E-state index in [0.717, 1.165) is 11.3 Å². The number of carboxylic acid groups (broad SMARTS) is 1. The van der Waals surface area contributed by atoms with Crippen molar-refractivity contribution < 1.29 is 19.1 Å². The van der Waals surface area contributed by atoms with Gasteiger partial charge in [0.2, 0.25) is 5.89 Å². The van der Waals surface area contributed by atoms with Crippen LogP contribution in [0.4, 0.5) is 0 Å². The second-order valence-electron chi connectivity index (χ2n) is 4.14. The van der Waals surface area contributed by atoms with Gasteiger partial charge >= 0.3 is 5.97 Å². The molecule has 5 nitrogen and oxygen atoms in total. The number of hydrogen-bond donors (Lipinski definition) is 1. The van der Waals surface area contributed by atoms with Crippen LogP contribution >= 0.6 is 0 Å². The molecule has 0 unspecified atom stereocenters. The molecule has 1 aromatic heterocycles. The Kier molecular flexibility index (Phi) is 3.85. The van der Waals surface area contributed by atoms with Crippen LogP contribution < -0.4 is 4.74 Å². The van der Waals surface area contributed by atoms with E-state index in [2.05, 4.69) is 4.98 Å². The molecule has 0 bridgehead atoms. The molecular weight excluding hydrogens is 246 g/mol. The van der Waals surface area contributed by atoms with Crippen LogP contribution in [0.3, 0.4) is 0 Å². The summed E-state index contributed by atoms with van der Waals surface area (Å²) in [5.74, 6) is 1.08. The van der Waals surface area contributed by atoms with Gasteiger partial charge in [-0.2, -0.15) is 0 Å². The molecule has 100 valence electrons. The van der Waals surface area contributed by atoms with Gasteiger partial charge in [0.05, 0.1) is 19.2 Å². The fourth-order valence-electron chi connectivity index (χ4n) is 1.74. The zero-order chi connectivity index (χ0) is 13.8. The van der Waals surface area contributed by atoms with Gasteiger partial charge in [0.25, 0.3) is 0 Å². The van der Waals surface area contributed by atoms with Gasteiger partial charge in [-0.25, -0.2) is 4.98 Å². The number of carboxylic acids is 1. The lowest BCUT2D eigenvalue weighted by atomic mass is 10.2. The summed E-state index contributed by atoms with van der Waals surface area (Å²) in [6, 6.07) is 7.35. The van der Waals surface area contributed by atoms with Crippen molar-refractivity contribution in [3.63, 3.8) is 0 Å². The van der Waals surface area contributed by atoms with E-state index in [4.69, 9.17) is 14.3 Å². The predicted molar refractivity (Wildman–Crippen MR) is 69.2 cm³/mol. The first-order valence-electron chi connectivity index (χ1n) is 5.92. The fourth-order valence-corrected chi connectivity index (χ4v) is 1.74. The summed E-state index contributed by atoms with van der Waals surface area (Å²) < 4.78 is 10.6. The van der Waals surface area contributed by atoms with E-state index in [-0.39, 0.29) is 6.42 Å². The molecule has 0 aliphatic heterocycles. The lowest BCUT2D eigenvalue weighted by Gasteiger charge is -1.99. The highest BCUT2D eigenvalue weighted by Crippen LogP contribution is 2.24. The Balaban J connectivity index is 2.20. The van der Waals surface area contributed by atoms with Crippen LogP contribution in [0.2, 0.25) is 0 Å². The van der Waals surface area contributed by atoms with Gasteiger partial charge in [-0.1, -0.05) is 0 Å². The number of rotatable bonds is 5. The highest BCUT2D eigenvalue weighted by atomic mass is 16.5. The molecule has 0 saturated carbocycles. The quantitative estimate of drug-likeness (QED) is 0.895. The smallest absolute Gasteiger partial charge is 0.303 e. The van der Waals surface area contributed by atoms with E-state index in [1.165, 1.54) is 0 Å². The molecule has 0 atom stereocenters. The van der Waals surface area contributed by atoms with Crippen molar-refractivity contribution in [3.05, 3.63) is 35.7 Å². The van der Waals surface area contributed by atoms with Crippen LogP contribution in [-0.2, 0) is 11.2 Å². The molecule has 1 aromatic carbocycles. The normalized spacial score (nSPS) is 10.4. The Morgan fingerprint density at radius 1 is 1.37 bits per heavy atom. The molecule has 0 aliphatic carbocycles. The third-order valence-electron chi connectivity index (χ3n) is 2.81. The summed E-state index contributed by atoms with van der Waals surface area (Å²) in [7, 11) is 1.61. The second kappa shape index (κ2) is 5.56. The minimum atomic E-state index is -0.839. The lowest BCUT2D eigenvalue weighted by molar-refractivity contribution is -0.136. The first kappa shape index (κ1) is 13.1. The molecule has 0 aliphatic rings. The first-order chi connectivity index (χ1) is 9.10. The Morgan fingerprint density at radius 2 is 2.05 bits per heavy atom. The van der Waals surface area contributed by atoms with E-state index < -0.39 is 5.97 Å². The average molecular weight is 261 g/mol. The largest absolute Gasteiger partial charge is 0.497 e. The van der Waals surface area contributed by atoms with Crippen LogP contribution in [0.25, 0.3) is 11.5 Å². The van der Waals surface area contributed by atoms with Gasteiger partial charge in [0.15, 0.2) is 0 Å². The maximum Gasteiger partial charge on any atom is 0.303 e. The number of aliphatic carboxylic acids is 1.